The second-order valence-corrected chi connectivity index (χ2v) is 12.0. The maximum atomic E-state index is 15.2. The minimum Gasteiger partial charge on any atom is -0.203 e. The predicted octanol–water partition coefficient (Wildman–Crippen LogP) is 10.5. The van der Waals surface area contributed by atoms with E-state index < -0.39 is 91.4 Å². The van der Waals surface area contributed by atoms with Crippen LogP contribution in [-0.2, 0) is 10.8 Å². The van der Waals surface area contributed by atoms with Crippen molar-refractivity contribution in [2.75, 3.05) is 0 Å². The van der Waals surface area contributed by atoms with Crippen LogP contribution in [0.3, 0.4) is 0 Å². The molecule has 4 rings (SSSR count). The topological polar surface area (TPSA) is 0 Å². The summed E-state index contributed by atoms with van der Waals surface area (Å²) in [5.74, 6) is -23.2. The van der Waals surface area contributed by atoms with Gasteiger partial charge in [0.2, 0.25) is 11.6 Å². The SMILES string of the molecule is CC(C)(C)c1ccc([C]c2c(-c3c(F)c(F)c(F)c(F)c3F)cc(C(C)(C)C)cc2-c2c(F)c(F)c(F)c(F)c2F)cc1. The van der Waals surface area contributed by atoms with E-state index in [1.54, 1.807) is 32.9 Å². The van der Waals surface area contributed by atoms with E-state index in [9.17, 15) is 26.3 Å². The number of halogens is 10. The normalized spacial score (nSPS) is 12.3. The maximum Gasteiger partial charge on any atom is 0.200 e. The van der Waals surface area contributed by atoms with Crippen LogP contribution in [0.5, 0.6) is 0 Å². The third-order valence-corrected chi connectivity index (χ3v) is 6.98. The zero-order chi connectivity index (χ0) is 32.3. The first kappa shape index (κ1) is 32.1. The minimum absolute atomic E-state index is 0.0130. The Morgan fingerprint density at radius 3 is 1.02 bits per heavy atom. The summed E-state index contributed by atoms with van der Waals surface area (Å²) in [6, 6.07) is 8.26. The Morgan fingerprint density at radius 1 is 0.419 bits per heavy atom. The average Bonchev–Trinajstić information content (AvgIpc) is 2.93. The van der Waals surface area contributed by atoms with Crippen molar-refractivity contribution in [1.29, 1.82) is 0 Å². The molecule has 0 N–H and O–H groups in total. The lowest BCUT2D eigenvalue weighted by molar-refractivity contribution is 0.381. The van der Waals surface area contributed by atoms with Gasteiger partial charge in [0, 0.05) is 0 Å². The summed E-state index contributed by atoms with van der Waals surface area (Å²) < 4.78 is 146. The van der Waals surface area contributed by atoms with Gasteiger partial charge in [0.25, 0.3) is 0 Å². The fourth-order valence-electron chi connectivity index (χ4n) is 4.48. The summed E-state index contributed by atoms with van der Waals surface area (Å²) >= 11 is 0. The minimum atomic E-state index is -2.45. The van der Waals surface area contributed by atoms with Gasteiger partial charge in [-0.2, -0.15) is 0 Å². The molecule has 0 amide bonds. The predicted molar refractivity (Wildman–Crippen MR) is 142 cm³/mol. The van der Waals surface area contributed by atoms with E-state index in [1.807, 2.05) is 20.8 Å². The second-order valence-electron chi connectivity index (χ2n) is 12.0. The molecule has 10 heteroatoms. The monoisotopic (exact) mass is 610 g/mol. The quantitative estimate of drug-likeness (QED) is 0.123. The molecule has 2 radical (unpaired) electrons. The molecule has 0 aromatic heterocycles. The number of benzene rings is 4. The molecule has 4 aromatic carbocycles. The highest BCUT2D eigenvalue weighted by atomic mass is 19.2. The fourth-order valence-corrected chi connectivity index (χ4v) is 4.48. The molecule has 0 unspecified atom stereocenters. The highest BCUT2D eigenvalue weighted by Crippen LogP contribution is 2.44. The lowest BCUT2D eigenvalue weighted by atomic mass is 9.79. The van der Waals surface area contributed by atoms with Crippen molar-refractivity contribution in [2.45, 2.75) is 52.4 Å². The van der Waals surface area contributed by atoms with Crippen molar-refractivity contribution in [1.82, 2.24) is 0 Å². The average molecular weight is 611 g/mol. The van der Waals surface area contributed by atoms with Crippen molar-refractivity contribution in [3.63, 3.8) is 0 Å². The van der Waals surface area contributed by atoms with Gasteiger partial charge < -0.3 is 0 Å². The van der Waals surface area contributed by atoms with Gasteiger partial charge in [-0.3, -0.25) is 0 Å². The van der Waals surface area contributed by atoms with E-state index in [0.29, 0.717) is 0 Å². The van der Waals surface area contributed by atoms with Crippen molar-refractivity contribution in [2.24, 2.45) is 0 Å². The Hall–Kier alpha value is -3.82. The standard InChI is InChI=1S/C33H24F10/c1-32(2,3)15-9-7-14(8-10-15)11-17-18(20-22(34)26(38)30(42)27(39)23(20)35)12-16(33(4,5)6)13-19(17)21-24(36)28(40)31(43)29(41)25(21)37/h7-10,12-13H,1-6H3. The first-order chi connectivity index (χ1) is 19.8. The van der Waals surface area contributed by atoms with Gasteiger partial charge in [-0.15, -0.1) is 0 Å². The molecule has 0 saturated carbocycles. The lowest BCUT2D eigenvalue weighted by Crippen LogP contribution is -2.15. The van der Waals surface area contributed by atoms with Crippen molar-refractivity contribution < 1.29 is 43.9 Å². The largest absolute Gasteiger partial charge is 0.203 e. The Kier molecular flexibility index (Phi) is 8.23. The van der Waals surface area contributed by atoms with Gasteiger partial charge in [-0.25, -0.2) is 43.9 Å². The van der Waals surface area contributed by atoms with E-state index in [4.69, 9.17) is 0 Å². The smallest absolute Gasteiger partial charge is 0.200 e. The van der Waals surface area contributed by atoms with Gasteiger partial charge in [0.15, 0.2) is 46.5 Å². The summed E-state index contributed by atoms with van der Waals surface area (Å²) in [7, 11) is 0. The van der Waals surface area contributed by atoms with Gasteiger partial charge in [0.1, 0.15) is 0 Å². The lowest BCUT2D eigenvalue weighted by Gasteiger charge is -2.25. The van der Waals surface area contributed by atoms with Crippen LogP contribution in [-0.4, -0.2) is 0 Å². The van der Waals surface area contributed by atoms with Crippen LogP contribution in [0.2, 0.25) is 0 Å². The van der Waals surface area contributed by atoms with E-state index in [2.05, 4.69) is 6.42 Å². The van der Waals surface area contributed by atoms with Gasteiger partial charge in [-0.05, 0) is 44.2 Å². The third-order valence-electron chi connectivity index (χ3n) is 6.98. The Morgan fingerprint density at radius 2 is 0.721 bits per heavy atom. The highest BCUT2D eigenvalue weighted by Gasteiger charge is 2.34. The fraction of sp³-hybridized carbons (Fsp3) is 0.242. The molecule has 43 heavy (non-hydrogen) atoms. The summed E-state index contributed by atoms with van der Waals surface area (Å²) in [6.07, 6.45) is 2.67. The number of hydrogen-bond donors (Lipinski definition) is 0. The van der Waals surface area contributed by atoms with Crippen LogP contribution in [0.1, 0.15) is 63.8 Å². The molecule has 0 bridgehead atoms. The highest BCUT2D eigenvalue weighted by molar-refractivity contribution is 5.84. The Labute approximate surface area is 242 Å². The van der Waals surface area contributed by atoms with Crippen LogP contribution in [0.25, 0.3) is 22.3 Å². The second kappa shape index (κ2) is 11.0. The summed E-state index contributed by atoms with van der Waals surface area (Å²) in [5, 5.41) is 0. The Bertz CT molecular complexity index is 1590. The molecule has 0 aliphatic rings. The van der Waals surface area contributed by atoms with Crippen LogP contribution >= 0.6 is 0 Å². The molecule has 4 aromatic rings. The van der Waals surface area contributed by atoms with Crippen molar-refractivity contribution in [3.8, 4) is 22.3 Å². The zero-order valence-corrected chi connectivity index (χ0v) is 23.7. The summed E-state index contributed by atoms with van der Waals surface area (Å²) in [5.41, 5.74) is -5.59. The first-order valence-corrected chi connectivity index (χ1v) is 12.9. The molecular formula is C33H24F10. The number of rotatable bonds is 4. The molecule has 0 saturated heterocycles. The Balaban J connectivity index is 2.21. The van der Waals surface area contributed by atoms with Crippen LogP contribution in [0, 0.1) is 64.6 Å². The number of hydrogen-bond acceptors (Lipinski definition) is 0. The third kappa shape index (κ3) is 5.63. The van der Waals surface area contributed by atoms with E-state index >= 15 is 17.6 Å². The molecule has 0 fully saturated rings. The van der Waals surface area contributed by atoms with Crippen LogP contribution in [0.15, 0.2) is 36.4 Å². The molecule has 0 spiro atoms. The van der Waals surface area contributed by atoms with Crippen LogP contribution < -0.4 is 0 Å². The summed E-state index contributed by atoms with van der Waals surface area (Å²) in [6.45, 7) is 10.4. The molecule has 0 aliphatic carbocycles. The van der Waals surface area contributed by atoms with E-state index in [-0.39, 0.29) is 16.5 Å². The van der Waals surface area contributed by atoms with Gasteiger partial charge in [-0.1, -0.05) is 77.9 Å². The summed E-state index contributed by atoms with van der Waals surface area (Å²) in [4.78, 5) is 0. The van der Waals surface area contributed by atoms with Crippen LogP contribution in [0.4, 0.5) is 43.9 Å². The molecule has 0 heterocycles. The molecule has 0 nitrogen and oxygen atoms in total. The molecule has 226 valence electrons. The maximum absolute atomic E-state index is 15.2. The molecular weight excluding hydrogens is 586 g/mol. The van der Waals surface area contributed by atoms with E-state index in [0.717, 1.165) is 17.7 Å². The van der Waals surface area contributed by atoms with Gasteiger partial charge in [0.05, 0.1) is 17.5 Å². The van der Waals surface area contributed by atoms with E-state index in [1.165, 1.54) is 12.1 Å². The molecule has 0 aliphatic heterocycles. The van der Waals surface area contributed by atoms with Gasteiger partial charge >= 0.3 is 0 Å². The first-order valence-electron chi connectivity index (χ1n) is 12.9. The zero-order valence-electron chi connectivity index (χ0n) is 23.7. The molecule has 0 atom stereocenters. The van der Waals surface area contributed by atoms with Crippen molar-refractivity contribution in [3.05, 3.63) is 123 Å². The van der Waals surface area contributed by atoms with Crippen molar-refractivity contribution >= 4 is 0 Å².